The van der Waals surface area contributed by atoms with E-state index in [0.29, 0.717) is 30.7 Å². The molecule has 0 spiro atoms. The zero-order valence-corrected chi connectivity index (χ0v) is 13.3. The van der Waals surface area contributed by atoms with Gasteiger partial charge in [0.1, 0.15) is 0 Å². The summed E-state index contributed by atoms with van der Waals surface area (Å²) < 4.78 is 31.3. The molecule has 20 heavy (non-hydrogen) atoms. The van der Waals surface area contributed by atoms with Gasteiger partial charge in [-0.05, 0) is 43.0 Å². The van der Waals surface area contributed by atoms with Crippen LogP contribution in [0.2, 0.25) is 0 Å². The van der Waals surface area contributed by atoms with Crippen molar-refractivity contribution in [2.45, 2.75) is 31.8 Å². The molecule has 1 aromatic rings. The molecule has 1 aromatic carbocycles. The Morgan fingerprint density at radius 2 is 1.90 bits per heavy atom. The van der Waals surface area contributed by atoms with Crippen molar-refractivity contribution in [1.29, 1.82) is 0 Å². The largest absolute Gasteiger partial charge is 0.392 e. The number of benzene rings is 1. The number of ether oxygens (including phenoxy) is 1. The predicted molar refractivity (Wildman–Crippen MR) is 78.1 cm³/mol. The van der Waals surface area contributed by atoms with Crippen LogP contribution < -0.4 is 0 Å². The van der Waals surface area contributed by atoms with Crippen LogP contribution in [0.25, 0.3) is 0 Å². The number of methoxy groups -OCH3 is 1. The topological polar surface area (TPSA) is 66.8 Å². The van der Waals surface area contributed by atoms with Crippen molar-refractivity contribution >= 4 is 10.0 Å². The second-order valence-electron chi connectivity index (χ2n) is 4.88. The Hall–Kier alpha value is -0.950. The lowest BCUT2D eigenvalue weighted by atomic mass is 10.1. The fraction of sp³-hybridized carbons (Fsp3) is 0.571. The van der Waals surface area contributed by atoms with Crippen LogP contribution in [0.3, 0.4) is 0 Å². The summed E-state index contributed by atoms with van der Waals surface area (Å²) in [5.74, 6) is 0. The highest BCUT2D eigenvalue weighted by Crippen LogP contribution is 2.23. The van der Waals surface area contributed by atoms with Crippen LogP contribution in [0.15, 0.2) is 17.0 Å². The molecule has 0 amide bonds. The highest BCUT2D eigenvalue weighted by Gasteiger charge is 2.23. The Balaban J connectivity index is 3.08. The van der Waals surface area contributed by atoms with E-state index in [1.165, 1.54) is 4.31 Å². The first-order valence-electron chi connectivity index (χ1n) is 6.50. The summed E-state index contributed by atoms with van der Waals surface area (Å²) in [6.07, 6.45) is 0.643. The van der Waals surface area contributed by atoms with E-state index in [4.69, 9.17) is 4.74 Å². The maximum absolute atomic E-state index is 12.5. The average molecular weight is 301 g/mol. The molecule has 0 heterocycles. The molecule has 0 fully saturated rings. The highest BCUT2D eigenvalue weighted by atomic mass is 32.2. The lowest BCUT2D eigenvalue weighted by molar-refractivity contribution is 0.189. The van der Waals surface area contributed by atoms with Crippen LogP contribution in [0.1, 0.15) is 23.1 Å². The fourth-order valence-electron chi connectivity index (χ4n) is 2.04. The molecule has 0 radical (unpaired) electrons. The molecule has 0 saturated heterocycles. The quantitative estimate of drug-likeness (QED) is 0.774. The van der Waals surface area contributed by atoms with Crippen molar-refractivity contribution in [1.82, 2.24) is 4.31 Å². The van der Waals surface area contributed by atoms with Crippen molar-refractivity contribution in [2.75, 3.05) is 27.3 Å². The third-order valence-electron chi connectivity index (χ3n) is 3.31. The van der Waals surface area contributed by atoms with Crippen LogP contribution in [-0.4, -0.2) is 45.1 Å². The first kappa shape index (κ1) is 17.1. The van der Waals surface area contributed by atoms with Crippen molar-refractivity contribution in [3.8, 4) is 0 Å². The van der Waals surface area contributed by atoms with Crippen LogP contribution in [-0.2, 0) is 21.4 Å². The lowest BCUT2D eigenvalue weighted by Gasteiger charge is -2.19. The predicted octanol–water partition coefficient (Wildman–Crippen LogP) is 1.45. The Labute approximate surface area is 121 Å². The fourth-order valence-corrected chi connectivity index (χ4v) is 3.50. The number of aliphatic hydroxyl groups is 1. The molecule has 114 valence electrons. The van der Waals surface area contributed by atoms with Crippen LogP contribution >= 0.6 is 0 Å². The average Bonchev–Trinajstić information content (AvgIpc) is 2.38. The van der Waals surface area contributed by atoms with Gasteiger partial charge in [-0.3, -0.25) is 0 Å². The maximum atomic E-state index is 12.5. The third-order valence-corrected chi connectivity index (χ3v) is 5.31. The van der Waals surface area contributed by atoms with E-state index in [9.17, 15) is 13.5 Å². The van der Waals surface area contributed by atoms with Crippen molar-refractivity contribution in [3.63, 3.8) is 0 Å². The molecule has 0 aromatic heterocycles. The van der Waals surface area contributed by atoms with Gasteiger partial charge in [-0.15, -0.1) is 0 Å². The zero-order valence-electron chi connectivity index (χ0n) is 12.5. The summed E-state index contributed by atoms with van der Waals surface area (Å²) in [6.45, 7) is 4.38. The van der Waals surface area contributed by atoms with E-state index in [0.717, 1.165) is 5.56 Å². The van der Waals surface area contributed by atoms with Gasteiger partial charge in [-0.2, -0.15) is 0 Å². The molecule has 0 aliphatic carbocycles. The van der Waals surface area contributed by atoms with E-state index >= 15 is 0 Å². The van der Waals surface area contributed by atoms with Gasteiger partial charge < -0.3 is 9.84 Å². The molecule has 5 nitrogen and oxygen atoms in total. The number of aryl methyl sites for hydroxylation is 2. The first-order chi connectivity index (χ1) is 9.34. The normalized spacial score (nSPS) is 12.1. The minimum absolute atomic E-state index is 0.165. The maximum Gasteiger partial charge on any atom is 0.243 e. The highest BCUT2D eigenvalue weighted by molar-refractivity contribution is 7.89. The number of hydrogen-bond acceptors (Lipinski definition) is 4. The Bertz CT molecular complexity index is 555. The summed E-state index contributed by atoms with van der Waals surface area (Å²) in [5, 5.41) is 9.29. The minimum Gasteiger partial charge on any atom is -0.392 e. The van der Waals surface area contributed by atoms with Gasteiger partial charge in [0.2, 0.25) is 10.0 Å². The van der Waals surface area contributed by atoms with Crippen LogP contribution in [0, 0.1) is 13.8 Å². The van der Waals surface area contributed by atoms with Gasteiger partial charge in [0, 0.05) is 27.3 Å². The molecule has 0 atom stereocenters. The van der Waals surface area contributed by atoms with Crippen LogP contribution in [0.5, 0.6) is 0 Å². The summed E-state index contributed by atoms with van der Waals surface area (Å²) in [7, 11) is -0.385. The monoisotopic (exact) mass is 301 g/mol. The van der Waals surface area contributed by atoms with Crippen LogP contribution in [0.4, 0.5) is 0 Å². The number of nitrogens with zero attached hydrogens (tertiary/aromatic N) is 1. The van der Waals surface area contributed by atoms with E-state index in [1.807, 2.05) is 6.92 Å². The Morgan fingerprint density at radius 3 is 2.45 bits per heavy atom. The summed E-state index contributed by atoms with van der Waals surface area (Å²) in [4.78, 5) is 0.257. The molecule has 0 unspecified atom stereocenters. The first-order valence-corrected chi connectivity index (χ1v) is 7.94. The molecule has 0 saturated carbocycles. The Kier molecular flexibility index (Phi) is 6.13. The van der Waals surface area contributed by atoms with Gasteiger partial charge in [0.05, 0.1) is 11.5 Å². The summed E-state index contributed by atoms with van der Waals surface area (Å²) >= 11 is 0. The SMILES string of the molecule is COCCCN(C)S(=O)(=O)c1cc(CO)c(C)cc1C. The molecular weight excluding hydrogens is 278 g/mol. The molecular formula is C14H23NO4S. The van der Waals surface area contributed by atoms with Gasteiger partial charge in [-0.25, -0.2) is 12.7 Å². The smallest absolute Gasteiger partial charge is 0.243 e. The molecule has 0 bridgehead atoms. The van der Waals surface area contributed by atoms with E-state index < -0.39 is 10.0 Å². The Morgan fingerprint density at radius 1 is 1.25 bits per heavy atom. The van der Waals surface area contributed by atoms with E-state index in [1.54, 1.807) is 33.2 Å². The van der Waals surface area contributed by atoms with Crippen molar-refractivity contribution < 1.29 is 18.3 Å². The number of aliphatic hydroxyl groups excluding tert-OH is 1. The minimum atomic E-state index is -3.53. The molecule has 1 N–H and O–H groups in total. The summed E-state index contributed by atoms with van der Waals surface area (Å²) in [6, 6.07) is 3.36. The standard InChI is InChI=1S/C14H23NO4S/c1-11-8-12(2)14(9-13(11)10-16)20(17,18)15(3)6-5-7-19-4/h8-9,16H,5-7,10H2,1-4H3. The second-order valence-corrected chi connectivity index (χ2v) is 6.89. The molecule has 6 heteroatoms. The van der Waals surface area contributed by atoms with Gasteiger partial charge in [0.25, 0.3) is 0 Å². The number of hydrogen-bond donors (Lipinski definition) is 1. The second kappa shape index (κ2) is 7.17. The third kappa shape index (κ3) is 3.79. The molecule has 1 rings (SSSR count). The number of rotatable bonds is 7. The lowest BCUT2D eigenvalue weighted by Crippen LogP contribution is -2.29. The van der Waals surface area contributed by atoms with Gasteiger partial charge in [-0.1, -0.05) is 6.07 Å². The molecule has 0 aliphatic rings. The van der Waals surface area contributed by atoms with E-state index in [2.05, 4.69) is 0 Å². The van der Waals surface area contributed by atoms with E-state index in [-0.39, 0.29) is 11.5 Å². The zero-order chi connectivity index (χ0) is 15.3. The molecule has 0 aliphatic heterocycles. The van der Waals surface area contributed by atoms with Crippen molar-refractivity contribution in [2.24, 2.45) is 0 Å². The number of sulfonamides is 1. The van der Waals surface area contributed by atoms with Crippen molar-refractivity contribution in [3.05, 3.63) is 28.8 Å². The summed E-state index contributed by atoms with van der Waals surface area (Å²) in [5.41, 5.74) is 2.23. The van der Waals surface area contributed by atoms with Gasteiger partial charge in [0.15, 0.2) is 0 Å². The van der Waals surface area contributed by atoms with Gasteiger partial charge >= 0.3 is 0 Å².